The number of hydrogen-bond donors (Lipinski definition) is 2. The van der Waals surface area contributed by atoms with Crippen molar-refractivity contribution < 1.29 is 14.7 Å². The summed E-state index contributed by atoms with van der Waals surface area (Å²) in [7, 11) is 0. The van der Waals surface area contributed by atoms with Gasteiger partial charge in [-0.25, -0.2) is 4.99 Å². The number of piperazine rings is 1. The van der Waals surface area contributed by atoms with Crippen LogP contribution in [0.5, 0.6) is 0 Å². The highest BCUT2D eigenvalue weighted by atomic mass is 35.5. The van der Waals surface area contributed by atoms with Crippen LogP contribution in [0, 0.1) is 5.92 Å². The molecule has 3 aliphatic rings. The molecule has 0 unspecified atom stereocenters. The third-order valence-corrected chi connectivity index (χ3v) is 7.72. The first kappa shape index (κ1) is 26.5. The van der Waals surface area contributed by atoms with Gasteiger partial charge in [0, 0.05) is 19.6 Å². The SMILES string of the molecule is CCCCN1C(=O)[C@@H]([C@H](O)C2CCCCC2)NC(=O)C12CCN(/C=N/c1ccccc1)CC2.Cl. The number of nitrogens with zero attached hydrogens (tertiary/aromatic N) is 3. The summed E-state index contributed by atoms with van der Waals surface area (Å²) in [5.41, 5.74) is 0.0686. The van der Waals surface area contributed by atoms with E-state index in [9.17, 15) is 14.7 Å². The predicted octanol–water partition coefficient (Wildman–Crippen LogP) is 3.67. The van der Waals surface area contributed by atoms with Crippen LogP contribution in [0.3, 0.4) is 0 Å². The van der Waals surface area contributed by atoms with Gasteiger partial charge in [-0.2, -0.15) is 0 Å². The van der Waals surface area contributed by atoms with Crippen molar-refractivity contribution in [2.45, 2.75) is 82.4 Å². The zero-order valence-corrected chi connectivity index (χ0v) is 21.0. The Kier molecular flexibility index (Phi) is 9.37. The van der Waals surface area contributed by atoms with Crippen molar-refractivity contribution in [3.63, 3.8) is 0 Å². The molecule has 0 radical (unpaired) electrons. The molecule has 8 heteroatoms. The highest BCUT2D eigenvalue weighted by Crippen LogP contribution is 2.36. The smallest absolute Gasteiger partial charge is 0.248 e. The maximum absolute atomic E-state index is 13.6. The van der Waals surface area contributed by atoms with Gasteiger partial charge in [-0.15, -0.1) is 12.4 Å². The molecule has 34 heavy (non-hydrogen) atoms. The van der Waals surface area contributed by atoms with E-state index in [-0.39, 0.29) is 30.1 Å². The van der Waals surface area contributed by atoms with E-state index >= 15 is 0 Å². The van der Waals surface area contributed by atoms with Crippen LogP contribution in [0.4, 0.5) is 5.69 Å². The lowest BCUT2D eigenvalue weighted by Crippen LogP contribution is -2.75. The number of hydrogen-bond acceptors (Lipinski definition) is 4. The van der Waals surface area contributed by atoms with E-state index in [1.54, 1.807) is 0 Å². The molecule has 1 aromatic carbocycles. The second-order valence-electron chi connectivity index (χ2n) is 9.83. The first-order valence-corrected chi connectivity index (χ1v) is 12.7. The van der Waals surface area contributed by atoms with Gasteiger partial charge in [-0.05, 0) is 50.2 Å². The van der Waals surface area contributed by atoms with Crippen molar-refractivity contribution in [2.24, 2.45) is 10.9 Å². The van der Waals surface area contributed by atoms with Gasteiger partial charge < -0.3 is 20.2 Å². The standard InChI is InChI=1S/C26H38N4O3.ClH/c1-2-3-16-30-24(32)22(23(31)20-10-6-4-7-11-20)28-25(33)26(30)14-17-29(18-15-26)19-27-21-12-8-5-9-13-21;/h5,8-9,12-13,19-20,22-23,31H,2-4,6-7,10-11,14-18H2,1H3,(H,28,33);1H/b27-19+;/t22-,23-;/m1./s1. The van der Waals surface area contributed by atoms with Crippen molar-refractivity contribution in [3.05, 3.63) is 30.3 Å². The number of aliphatic hydroxyl groups excluding tert-OH is 1. The number of para-hydroxylation sites is 1. The molecule has 188 valence electrons. The molecule has 1 aromatic rings. The largest absolute Gasteiger partial charge is 0.390 e. The van der Waals surface area contributed by atoms with Gasteiger partial charge in [0.25, 0.3) is 0 Å². The Morgan fingerprint density at radius 2 is 1.82 bits per heavy atom. The molecule has 0 aromatic heterocycles. The molecule has 3 fully saturated rings. The van der Waals surface area contributed by atoms with Crippen LogP contribution in [0.15, 0.2) is 35.3 Å². The number of halogens is 1. The van der Waals surface area contributed by atoms with Crippen LogP contribution in [-0.4, -0.2) is 70.4 Å². The fraction of sp³-hybridized carbons (Fsp3) is 0.654. The molecule has 1 aliphatic carbocycles. The lowest BCUT2D eigenvalue weighted by atomic mass is 9.78. The molecular weight excluding hydrogens is 452 g/mol. The maximum Gasteiger partial charge on any atom is 0.248 e. The summed E-state index contributed by atoms with van der Waals surface area (Å²) >= 11 is 0. The topological polar surface area (TPSA) is 85.2 Å². The Morgan fingerprint density at radius 3 is 2.47 bits per heavy atom. The number of amides is 2. The molecule has 2 amide bonds. The van der Waals surface area contributed by atoms with Crippen molar-refractivity contribution >= 4 is 36.2 Å². The van der Waals surface area contributed by atoms with E-state index in [1.165, 1.54) is 6.42 Å². The van der Waals surface area contributed by atoms with Gasteiger partial charge in [0.1, 0.15) is 11.6 Å². The monoisotopic (exact) mass is 490 g/mol. The second-order valence-corrected chi connectivity index (χ2v) is 9.83. The molecule has 0 bridgehead atoms. The fourth-order valence-electron chi connectivity index (χ4n) is 5.63. The Morgan fingerprint density at radius 1 is 1.15 bits per heavy atom. The number of nitrogens with one attached hydrogen (secondary N) is 1. The van der Waals surface area contributed by atoms with Gasteiger partial charge in [0.15, 0.2) is 0 Å². The van der Waals surface area contributed by atoms with Crippen LogP contribution in [-0.2, 0) is 9.59 Å². The van der Waals surface area contributed by atoms with Gasteiger partial charge in [-0.1, -0.05) is 50.8 Å². The predicted molar refractivity (Wildman–Crippen MR) is 137 cm³/mol. The average Bonchev–Trinajstić information content (AvgIpc) is 2.86. The summed E-state index contributed by atoms with van der Waals surface area (Å²) in [5, 5.41) is 14.0. The molecule has 2 saturated heterocycles. The number of aliphatic hydroxyl groups is 1. The Hall–Kier alpha value is -2.12. The molecule has 4 rings (SSSR count). The number of piperidine rings is 1. The number of carbonyl (C=O) groups is 2. The lowest BCUT2D eigenvalue weighted by Gasteiger charge is -2.52. The molecule has 2 N–H and O–H groups in total. The minimum Gasteiger partial charge on any atom is -0.390 e. The summed E-state index contributed by atoms with van der Waals surface area (Å²) in [5.74, 6) is -0.114. The van der Waals surface area contributed by atoms with Crippen LogP contribution in [0.2, 0.25) is 0 Å². The van der Waals surface area contributed by atoms with Crippen molar-refractivity contribution in [1.82, 2.24) is 15.1 Å². The minimum atomic E-state index is -0.827. The highest BCUT2D eigenvalue weighted by Gasteiger charge is 2.55. The summed E-state index contributed by atoms with van der Waals surface area (Å²) in [6.07, 6.45) is 9.19. The molecule has 2 aliphatic heterocycles. The van der Waals surface area contributed by atoms with E-state index < -0.39 is 17.7 Å². The van der Waals surface area contributed by atoms with Crippen molar-refractivity contribution in [2.75, 3.05) is 19.6 Å². The molecule has 2 atom stereocenters. The summed E-state index contributed by atoms with van der Waals surface area (Å²) in [6, 6.07) is 8.98. The number of likely N-dealkylation sites (tertiary alicyclic amines) is 1. The molecular formula is C26H39ClN4O3. The second kappa shape index (κ2) is 12.0. The summed E-state index contributed by atoms with van der Waals surface area (Å²) < 4.78 is 0. The third kappa shape index (κ3) is 5.57. The van der Waals surface area contributed by atoms with E-state index in [0.717, 1.165) is 44.2 Å². The number of rotatable bonds is 7. The Labute approximate surface area is 209 Å². The average molecular weight is 491 g/mol. The van der Waals surface area contributed by atoms with Crippen LogP contribution < -0.4 is 5.32 Å². The van der Waals surface area contributed by atoms with E-state index in [0.29, 0.717) is 32.5 Å². The zero-order chi connectivity index (χ0) is 23.3. The summed E-state index contributed by atoms with van der Waals surface area (Å²) in [4.78, 5) is 35.6. The number of unbranched alkanes of at least 4 members (excludes halogenated alkanes) is 1. The molecule has 2 heterocycles. The van der Waals surface area contributed by atoms with Gasteiger partial charge in [-0.3, -0.25) is 9.59 Å². The molecule has 1 spiro atoms. The number of aliphatic imine (C=N–C) groups is 1. The number of carbonyl (C=O) groups excluding carboxylic acids is 2. The highest BCUT2D eigenvalue weighted by molar-refractivity contribution is 6.00. The Bertz CT molecular complexity index is 836. The first-order valence-electron chi connectivity index (χ1n) is 12.7. The van der Waals surface area contributed by atoms with Crippen molar-refractivity contribution in [3.8, 4) is 0 Å². The van der Waals surface area contributed by atoms with E-state index in [2.05, 4.69) is 22.1 Å². The van der Waals surface area contributed by atoms with Gasteiger partial charge in [0.2, 0.25) is 11.8 Å². The van der Waals surface area contributed by atoms with Gasteiger partial charge in [0.05, 0.1) is 18.1 Å². The Balaban J connectivity index is 0.00000324. The number of benzene rings is 1. The van der Waals surface area contributed by atoms with Crippen LogP contribution >= 0.6 is 12.4 Å². The third-order valence-electron chi connectivity index (χ3n) is 7.72. The normalized spacial score (nSPS) is 24.2. The summed E-state index contributed by atoms with van der Waals surface area (Å²) in [6.45, 7) is 3.98. The minimum absolute atomic E-state index is 0. The van der Waals surface area contributed by atoms with E-state index in [1.807, 2.05) is 41.6 Å². The first-order chi connectivity index (χ1) is 16.0. The maximum atomic E-state index is 13.6. The molecule has 1 saturated carbocycles. The quantitative estimate of drug-likeness (QED) is 0.451. The van der Waals surface area contributed by atoms with Crippen LogP contribution in [0.1, 0.15) is 64.7 Å². The van der Waals surface area contributed by atoms with E-state index in [4.69, 9.17) is 0 Å². The van der Waals surface area contributed by atoms with Crippen molar-refractivity contribution in [1.29, 1.82) is 0 Å². The van der Waals surface area contributed by atoms with Gasteiger partial charge >= 0.3 is 0 Å². The zero-order valence-electron chi connectivity index (χ0n) is 20.2. The lowest BCUT2D eigenvalue weighted by molar-refractivity contribution is -0.165. The fourth-order valence-corrected chi connectivity index (χ4v) is 5.63. The molecule has 7 nitrogen and oxygen atoms in total. The van der Waals surface area contributed by atoms with Crippen LogP contribution in [0.25, 0.3) is 0 Å².